The van der Waals surface area contributed by atoms with Crippen molar-refractivity contribution in [2.24, 2.45) is 12.9 Å². The first-order valence-electron chi connectivity index (χ1n) is 5.23. The predicted molar refractivity (Wildman–Crippen MR) is 60.3 cm³/mol. The lowest BCUT2D eigenvalue weighted by molar-refractivity contribution is 0.515. The lowest BCUT2D eigenvalue weighted by atomic mass is 10.1. The molecule has 6 nitrogen and oxygen atoms in total. The third kappa shape index (κ3) is 1.72. The quantitative estimate of drug-likeness (QED) is 0.570. The Kier molecular flexibility index (Phi) is 3.02. The van der Waals surface area contributed by atoms with Crippen LogP contribution in [0.3, 0.4) is 0 Å². The van der Waals surface area contributed by atoms with Gasteiger partial charge in [-0.2, -0.15) is 10.2 Å². The first-order valence-corrected chi connectivity index (χ1v) is 5.23. The maximum atomic E-state index is 5.62. The zero-order valence-electron chi connectivity index (χ0n) is 9.46. The molecular weight excluding hydrogens is 204 g/mol. The minimum absolute atomic E-state index is 0.0880. The van der Waals surface area contributed by atoms with Gasteiger partial charge in [0.1, 0.15) is 6.04 Å². The highest BCUT2D eigenvalue weighted by Gasteiger charge is 2.19. The molecule has 2 heterocycles. The van der Waals surface area contributed by atoms with Gasteiger partial charge in [-0.3, -0.25) is 15.2 Å². The van der Waals surface area contributed by atoms with Gasteiger partial charge in [0.25, 0.3) is 0 Å². The highest BCUT2D eigenvalue weighted by molar-refractivity contribution is 5.20. The van der Waals surface area contributed by atoms with Crippen LogP contribution in [0, 0.1) is 0 Å². The molecular formula is C10H16N6. The van der Waals surface area contributed by atoms with Crippen LogP contribution in [0.2, 0.25) is 0 Å². The monoisotopic (exact) mass is 220 g/mol. The van der Waals surface area contributed by atoms with Gasteiger partial charge < -0.3 is 0 Å². The molecule has 0 aliphatic carbocycles. The van der Waals surface area contributed by atoms with Gasteiger partial charge in [0.15, 0.2) is 0 Å². The van der Waals surface area contributed by atoms with E-state index >= 15 is 0 Å². The third-order valence-corrected chi connectivity index (χ3v) is 2.67. The lowest BCUT2D eigenvalue weighted by Gasteiger charge is -2.17. The predicted octanol–water partition coefficient (Wildman–Crippen LogP) is 0.189. The molecule has 0 radical (unpaired) electrons. The summed E-state index contributed by atoms with van der Waals surface area (Å²) in [5.74, 6) is 5.62. The topological polar surface area (TPSA) is 73.7 Å². The van der Waals surface area contributed by atoms with Crippen molar-refractivity contribution < 1.29 is 0 Å². The molecule has 0 aliphatic rings. The molecule has 6 heteroatoms. The molecule has 86 valence electrons. The maximum Gasteiger partial charge on any atom is 0.104 e. The zero-order chi connectivity index (χ0) is 11.5. The van der Waals surface area contributed by atoms with Gasteiger partial charge in [-0.05, 0) is 19.1 Å². The molecule has 1 atom stereocenters. The SMILES string of the molecule is CCn1nccc1C(NN)c1ccnn1C. The van der Waals surface area contributed by atoms with Crippen LogP contribution in [0.5, 0.6) is 0 Å². The van der Waals surface area contributed by atoms with Crippen molar-refractivity contribution in [1.29, 1.82) is 0 Å². The van der Waals surface area contributed by atoms with Crippen molar-refractivity contribution in [1.82, 2.24) is 25.0 Å². The molecule has 0 saturated heterocycles. The van der Waals surface area contributed by atoms with E-state index in [-0.39, 0.29) is 6.04 Å². The average Bonchev–Trinajstić information content (AvgIpc) is 2.90. The zero-order valence-corrected chi connectivity index (χ0v) is 9.46. The molecule has 0 fully saturated rings. The number of nitrogens with two attached hydrogens (primary N) is 1. The molecule has 2 aromatic rings. The summed E-state index contributed by atoms with van der Waals surface area (Å²) in [6.07, 6.45) is 3.53. The molecule has 0 amide bonds. The first-order chi connectivity index (χ1) is 7.77. The molecule has 0 spiro atoms. The Hall–Kier alpha value is -1.66. The number of rotatable bonds is 4. The summed E-state index contributed by atoms with van der Waals surface area (Å²) in [6.45, 7) is 2.87. The molecule has 0 saturated carbocycles. The minimum Gasteiger partial charge on any atom is -0.271 e. The van der Waals surface area contributed by atoms with E-state index in [1.165, 1.54) is 0 Å². The molecule has 0 bridgehead atoms. The number of aryl methyl sites for hydroxylation is 2. The van der Waals surface area contributed by atoms with E-state index in [0.717, 1.165) is 17.9 Å². The average molecular weight is 220 g/mol. The van der Waals surface area contributed by atoms with Crippen molar-refractivity contribution in [2.75, 3.05) is 0 Å². The second-order valence-electron chi connectivity index (χ2n) is 3.55. The van der Waals surface area contributed by atoms with Gasteiger partial charge >= 0.3 is 0 Å². The van der Waals surface area contributed by atoms with E-state index in [0.29, 0.717) is 0 Å². The molecule has 2 rings (SSSR count). The van der Waals surface area contributed by atoms with Crippen molar-refractivity contribution in [3.63, 3.8) is 0 Å². The fraction of sp³-hybridized carbons (Fsp3) is 0.400. The van der Waals surface area contributed by atoms with Gasteiger partial charge in [-0.1, -0.05) is 0 Å². The number of aromatic nitrogens is 4. The van der Waals surface area contributed by atoms with Crippen LogP contribution in [0.1, 0.15) is 24.4 Å². The summed E-state index contributed by atoms with van der Waals surface area (Å²) in [4.78, 5) is 0. The van der Waals surface area contributed by atoms with Crippen molar-refractivity contribution in [3.8, 4) is 0 Å². The van der Waals surface area contributed by atoms with Gasteiger partial charge in [0.2, 0.25) is 0 Å². The standard InChI is InChI=1S/C10H16N6/c1-3-16-9(5-7-13-16)10(14-11)8-4-6-12-15(8)2/h4-7,10,14H,3,11H2,1-2H3. The van der Waals surface area contributed by atoms with E-state index in [4.69, 9.17) is 5.84 Å². The van der Waals surface area contributed by atoms with Gasteiger partial charge in [0, 0.05) is 26.0 Å². The maximum absolute atomic E-state index is 5.62. The number of nitrogens with zero attached hydrogens (tertiary/aromatic N) is 4. The van der Waals surface area contributed by atoms with Crippen molar-refractivity contribution >= 4 is 0 Å². The summed E-state index contributed by atoms with van der Waals surface area (Å²) in [6, 6.07) is 3.81. The second kappa shape index (κ2) is 4.46. The van der Waals surface area contributed by atoms with Gasteiger partial charge in [-0.15, -0.1) is 0 Å². The Balaban J connectivity index is 2.40. The van der Waals surface area contributed by atoms with E-state index in [9.17, 15) is 0 Å². The Morgan fingerprint density at radius 2 is 2.00 bits per heavy atom. The summed E-state index contributed by atoms with van der Waals surface area (Å²) in [7, 11) is 1.90. The molecule has 2 aromatic heterocycles. The van der Waals surface area contributed by atoms with Crippen LogP contribution < -0.4 is 11.3 Å². The first kappa shape index (κ1) is 10.8. The molecule has 1 unspecified atom stereocenters. The summed E-state index contributed by atoms with van der Waals surface area (Å²) < 4.78 is 3.72. The van der Waals surface area contributed by atoms with Crippen LogP contribution in [-0.4, -0.2) is 19.6 Å². The number of hydrogen-bond acceptors (Lipinski definition) is 4. The van der Waals surface area contributed by atoms with E-state index in [1.54, 1.807) is 17.1 Å². The van der Waals surface area contributed by atoms with Gasteiger partial charge in [0.05, 0.1) is 11.4 Å². The smallest absolute Gasteiger partial charge is 0.104 e. The molecule has 3 N–H and O–H groups in total. The normalized spacial score (nSPS) is 12.9. The highest BCUT2D eigenvalue weighted by atomic mass is 15.3. The number of hydrogen-bond donors (Lipinski definition) is 2. The Labute approximate surface area is 94.0 Å². The lowest BCUT2D eigenvalue weighted by Crippen LogP contribution is -2.32. The van der Waals surface area contributed by atoms with E-state index < -0.39 is 0 Å². The largest absolute Gasteiger partial charge is 0.271 e. The van der Waals surface area contributed by atoms with Gasteiger partial charge in [-0.25, -0.2) is 5.43 Å². The molecule has 0 aliphatic heterocycles. The van der Waals surface area contributed by atoms with Crippen LogP contribution in [0.4, 0.5) is 0 Å². The minimum atomic E-state index is -0.0880. The third-order valence-electron chi connectivity index (χ3n) is 2.67. The van der Waals surface area contributed by atoms with Crippen LogP contribution >= 0.6 is 0 Å². The van der Waals surface area contributed by atoms with E-state index in [1.807, 2.05) is 30.8 Å². The summed E-state index contributed by atoms with van der Waals surface area (Å²) in [5, 5.41) is 8.38. The Bertz CT molecular complexity index is 457. The van der Waals surface area contributed by atoms with Crippen LogP contribution in [-0.2, 0) is 13.6 Å². The van der Waals surface area contributed by atoms with Crippen LogP contribution in [0.25, 0.3) is 0 Å². The highest BCUT2D eigenvalue weighted by Crippen LogP contribution is 2.19. The number of nitrogens with one attached hydrogen (secondary N) is 1. The number of hydrazine groups is 1. The molecule has 16 heavy (non-hydrogen) atoms. The summed E-state index contributed by atoms with van der Waals surface area (Å²) >= 11 is 0. The molecule has 0 aromatic carbocycles. The van der Waals surface area contributed by atoms with E-state index in [2.05, 4.69) is 15.6 Å². The van der Waals surface area contributed by atoms with Crippen molar-refractivity contribution in [2.45, 2.75) is 19.5 Å². The Morgan fingerprint density at radius 1 is 1.31 bits per heavy atom. The second-order valence-corrected chi connectivity index (χ2v) is 3.55. The van der Waals surface area contributed by atoms with Crippen LogP contribution in [0.15, 0.2) is 24.5 Å². The Morgan fingerprint density at radius 3 is 2.56 bits per heavy atom. The fourth-order valence-corrected chi connectivity index (χ4v) is 1.84. The summed E-state index contributed by atoms with van der Waals surface area (Å²) in [5.41, 5.74) is 4.85. The van der Waals surface area contributed by atoms with Crippen molar-refractivity contribution in [3.05, 3.63) is 35.9 Å². The fourth-order valence-electron chi connectivity index (χ4n) is 1.84.